The summed E-state index contributed by atoms with van der Waals surface area (Å²) in [5, 5.41) is 6.75. The van der Waals surface area contributed by atoms with Crippen molar-refractivity contribution in [1.29, 1.82) is 0 Å². The molecule has 2 N–H and O–H groups in total. The van der Waals surface area contributed by atoms with Crippen molar-refractivity contribution in [3.8, 4) is 5.75 Å². The highest BCUT2D eigenvalue weighted by atomic mass is 127. The number of hydrogen-bond donors (Lipinski definition) is 2. The molecule has 1 aliphatic heterocycles. The average Bonchev–Trinajstić information content (AvgIpc) is 2.66. The van der Waals surface area contributed by atoms with Crippen molar-refractivity contribution in [3.63, 3.8) is 0 Å². The van der Waals surface area contributed by atoms with Crippen molar-refractivity contribution >= 4 is 29.9 Å². The minimum atomic E-state index is 0. The second kappa shape index (κ2) is 14.0. The number of benzene rings is 1. The summed E-state index contributed by atoms with van der Waals surface area (Å²) < 4.78 is 11.3. The summed E-state index contributed by atoms with van der Waals surface area (Å²) in [7, 11) is 0. The zero-order valence-corrected chi connectivity index (χ0v) is 19.3. The quantitative estimate of drug-likeness (QED) is 0.317. The number of aryl methyl sites for hydroxylation is 1. The van der Waals surface area contributed by atoms with E-state index in [0.717, 1.165) is 76.2 Å². The number of guanidine groups is 1. The van der Waals surface area contributed by atoms with Gasteiger partial charge in [0, 0.05) is 38.3 Å². The van der Waals surface area contributed by atoms with E-state index in [1.807, 2.05) is 0 Å². The molecule has 154 valence electrons. The highest BCUT2D eigenvalue weighted by Crippen LogP contribution is 2.21. The van der Waals surface area contributed by atoms with Gasteiger partial charge in [-0.2, -0.15) is 0 Å². The smallest absolute Gasteiger partial charge is 0.191 e. The third-order valence-corrected chi connectivity index (χ3v) is 4.26. The molecular formula is C20H35IN4O2. The molecule has 0 saturated carbocycles. The molecule has 0 bridgehead atoms. The highest BCUT2D eigenvalue weighted by molar-refractivity contribution is 14.0. The van der Waals surface area contributed by atoms with Crippen LogP contribution in [0, 0.1) is 6.92 Å². The third-order valence-electron chi connectivity index (χ3n) is 4.26. The molecule has 2 rings (SSSR count). The van der Waals surface area contributed by atoms with E-state index in [9.17, 15) is 0 Å². The number of rotatable bonds is 9. The number of nitrogens with zero attached hydrogens (tertiary/aromatic N) is 2. The van der Waals surface area contributed by atoms with Gasteiger partial charge >= 0.3 is 0 Å². The van der Waals surface area contributed by atoms with E-state index in [1.165, 1.54) is 5.56 Å². The molecule has 27 heavy (non-hydrogen) atoms. The standard InChI is InChI=1S/C20H34N4O2.HI/c1-4-12-26-19-15-17(3)6-7-18(19)16-23-20(21-5-2)22-8-9-24-10-13-25-14-11-24;/h6-7,15H,4-5,8-14,16H2,1-3H3,(H2,21,22,23);1H. The first-order chi connectivity index (χ1) is 12.7. The summed E-state index contributed by atoms with van der Waals surface area (Å²) >= 11 is 0. The van der Waals surface area contributed by atoms with E-state index in [2.05, 4.69) is 54.5 Å². The molecule has 0 unspecified atom stereocenters. The van der Waals surface area contributed by atoms with Gasteiger partial charge in [0.15, 0.2) is 5.96 Å². The van der Waals surface area contributed by atoms with Crippen LogP contribution < -0.4 is 15.4 Å². The Morgan fingerprint density at radius 1 is 1.22 bits per heavy atom. The summed E-state index contributed by atoms with van der Waals surface area (Å²) in [5.41, 5.74) is 2.33. The molecule has 0 atom stereocenters. The van der Waals surface area contributed by atoms with Crippen molar-refractivity contribution in [2.45, 2.75) is 33.7 Å². The first kappa shape index (κ1) is 24.0. The van der Waals surface area contributed by atoms with Crippen LogP contribution >= 0.6 is 24.0 Å². The van der Waals surface area contributed by atoms with Crippen LogP contribution in [0.1, 0.15) is 31.4 Å². The van der Waals surface area contributed by atoms with Crippen molar-refractivity contribution < 1.29 is 9.47 Å². The molecule has 7 heteroatoms. The molecule has 1 saturated heterocycles. The summed E-state index contributed by atoms with van der Waals surface area (Å²) in [5.74, 6) is 1.79. The zero-order chi connectivity index (χ0) is 18.6. The maximum atomic E-state index is 5.89. The molecule has 0 spiro atoms. The van der Waals surface area contributed by atoms with Gasteiger partial charge in [0.1, 0.15) is 5.75 Å². The van der Waals surface area contributed by atoms with E-state index in [-0.39, 0.29) is 24.0 Å². The van der Waals surface area contributed by atoms with Crippen molar-refractivity contribution in [2.75, 3.05) is 52.5 Å². The number of hydrogen-bond acceptors (Lipinski definition) is 4. The van der Waals surface area contributed by atoms with Gasteiger partial charge in [-0.05, 0) is 31.9 Å². The second-order valence-corrected chi connectivity index (χ2v) is 6.54. The van der Waals surface area contributed by atoms with E-state index >= 15 is 0 Å². The topological polar surface area (TPSA) is 58.1 Å². The molecule has 0 aliphatic carbocycles. The fraction of sp³-hybridized carbons (Fsp3) is 0.650. The van der Waals surface area contributed by atoms with Crippen molar-refractivity contribution in [2.24, 2.45) is 4.99 Å². The summed E-state index contributed by atoms with van der Waals surface area (Å²) in [6.45, 7) is 14.0. The number of halogens is 1. The van der Waals surface area contributed by atoms with Gasteiger partial charge in [-0.25, -0.2) is 4.99 Å². The normalized spacial score (nSPS) is 15.1. The second-order valence-electron chi connectivity index (χ2n) is 6.54. The van der Waals surface area contributed by atoms with Crippen LogP contribution in [0.2, 0.25) is 0 Å². The van der Waals surface area contributed by atoms with E-state index in [1.54, 1.807) is 0 Å². The van der Waals surface area contributed by atoms with Gasteiger partial charge in [0.05, 0.1) is 26.4 Å². The lowest BCUT2D eigenvalue weighted by atomic mass is 10.1. The van der Waals surface area contributed by atoms with Crippen LogP contribution in [0.15, 0.2) is 23.2 Å². The van der Waals surface area contributed by atoms with Gasteiger partial charge in [0.25, 0.3) is 0 Å². The van der Waals surface area contributed by atoms with E-state index < -0.39 is 0 Å². The SMILES string of the molecule is CCCOc1cc(C)ccc1CN=C(NCC)NCCN1CCOCC1.I. The molecule has 1 aromatic rings. The number of ether oxygens (including phenoxy) is 2. The van der Waals surface area contributed by atoms with Crippen LogP contribution in [0.5, 0.6) is 5.75 Å². The van der Waals surface area contributed by atoms with Gasteiger partial charge in [-0.15, -0.1) is 24.0 Å². The van der Waals surface area contributed by atoms with Crippen LogP contribution in [-0.4, -0.2) is 63.4 Å². The molecule has 1 heterocycles. The minimum absolute atomic E-state index is 0. The molecule has 6 nitrogen and oxygen atoms in total. The van der Waals surface area contributed by atoms with Crippen LogP contribution in [0.25, 0.3) is 0 Å². The Labute approximate surface area is 181 Å². The third kappa shape index (κ3) is 9.12. The van der Waals surface area contributed by atoms with Crippen LogP contribution in [0.3, 0.4) is 0 Å². The Kier molecular flexibility index (Phi) is 12.4. The molecule has 1 fully saturated rings. The van der Waals surface area contributed by atoms with E-state index in [4.69, 9.17) is 14.5 Å². The Hall–Kier alpha value is -1.06. The lowest BCUT2D eigenvalue weighted by Gasteiger charge is -2.26. The maximum absolute atomic E-state index is 5.89. The van der Waals surface area contributed by atoms with E-state index in [0.29, 0.717) is 6.54 Å². The lowest BCUT2D eigenvalue weighted by Crippen LogP contribution is -2.44. The van der Waals surface area contributed by atoms with Gasteiger partial charge in [0.2, 0.25) is 0 Å². The minimum Gasteiger partial charge on any atom is -0.493 e. The first-order valence-corrected chi connectivity index (χ1v) is 9.77. The van der Waals surface area contributed by atoms with Gasteiger partial charge in [-0.3, -0.25) is 4.90 Å². The predicted octanol–water partition coefficient (Wildman–Crippen LogP) is 2.79. The number of aliphatic imine (C=N–C) groups is 1. The largest absolute Gasteiger partial charge is 0.493 e. The Balaban J connectivity index is 0.00000364. The maximum Gasteiger partial charge on any atom is 0.191 e. The van der Waals surface area contributed by atoms with Crippen LogP contribution in [-0.2, 0) is 11.3 Å². The highest BCUT2D eigenvalue weighted by Gasteiger charge is 2.10. The average molecular weight is 490 g/mol. The molecule has 0 radical (unpaired) electrons. The van der Waals surface area contributed by atoms with Crippen LogP contribution in [0.4, 0.5) is 0 Å². The predicted molar refractivity (Wildman–Crippen MR) is 122 cm³/mol. The monoisotopic (exact) mass is 490 g/mol. The first-order valence-electron chi connectivity index (χ1n) is 9.77. The fourth-order valence-electron chi connectivity index (χ4n) is 2.80. The fourth-order valence-corrected chi connectivity index (χ4v) is 2.80. The van der Waals surface area contributed by atoms with Crippen molar-refractivity contribution in [1.82, 2.24) is 15.5 Å². The summed E-state index contributed by atoms with van der Waals surface area (Å²) in [6.07, 6.45) is 1.00. The van der Waals surface area contributed by atoms with Crippen molar-refractivity contribution in [3.05, 3.63) is 29.3 Å². The summed E-state index contributed by atoms with van der Waals surface area (Å²) in [6, 6.07) is 6.32. The molecule has 0 aromatic heterocycles. The van der Waals surface area contributed by atoms with Gasteiger partial charge < -0.3 is 20.1 Å². The number of nitrogens with one attached hydrogen (secondary N) is 2. The molecule has 1 aromatic carbocycles. The Morgan fingerprint density at radius 2 is 2.00 bits per heavy atom. The molecule has 1 aliphatic rings. The number of morpholine rings is 1. The Morgan fingerprint density at radius 3 is 2.70 bits per heavy atom. The molecular weight excluding hydrogens is 455 g/mol. The van der Waals surface area contributed by atoms with Gasteiger partial charge in [-0.1, -0.05) is 19.1 Å². The zero-order valence-electron chi connectivity index (χ0n) is 16.9. The molecule has 0 amide bonds. The summed E-state index contributed by atoms with van der Waals surface area (Å²) in [4.78, 5) is 7.15. The lowest BCUT2D eigenvalue weighted by molar-refractivity contribution is 0.0389. The Bertz CT molecular complexity index is 563.